The lowest BCUT2D eigenvalue weighted by molar-refractivity contribution is -0.138. The van der Waals surface area contributed by atoms with Crippen molar-refractivity contribution >= 4 is 11.9 Å². The van der Waals surface area contributed by atoms with Crippen molar-refractivity contribution in [2.75, 3.05) is 6.54 Å². The predicted octanol–water partition coefficient (Wildman–Crippen LogP) is 0.681. The van der Waals surface area contributed by atoms with E-state index in [2.05, 4.69) is 0 Å². The molecule has 0 fully saturated rings. The van der Waals surface area contributed by atoms with Gasteiger partial charge in [-0.25, -0.2) is 0 Å². The lowest BCUT2D eigenvalue weighted by atomic mass is 10.3. The first-order chi connectivity index (χ1) is 6.04. The molecule has 0 aliphatic heterocycles. The number of carbonyl (C=O) groups is 2. The van der Waals surface area contributed by atoms with Gasteiger partial charge in [0.1, 0.15) is 0 Å². The van der Waals surface area contributed by atoms with E-state index in [4.69, 9.17) is 15.9 Å². The lowest BCUT2D eigenvalue weighted by Crippen LogP contribution is -2.02. The van der Waals surface area contributed by atoms with Gasteiger partial charge in [-0.2, -0.15) is 0 Å². The summed E-state index contributed by atoms with van der Waals surface area (Å²) < 4.78 is 0. The van der Waals surface area contributed by atoms with E-state index in [1.807, 2.05) is 6.92 Å². The Bertz CT molecular complexity index is 147. The molecule has 0 aliphatic carbocycles. The van der Waals surface area contributed by atoms with E-state index in [1.54, 1.807) is 0 Å². The second-order valence-corrected chi connectivity index (χ2v) is 2.43. The van der Waals surface area contributed by atoms with E-state index < -0.39 is 11.9 Å². The molecule has 0 bridgehead atoms. The summed E-state index contributed by atoms with van der Waals surface area (Å²) in [6, 6.07) is 0. The highest BCUT2D eigenvalue weighted by atomic mass is 16.4. The fourth-order valence-corrected chi connectivity index (χ4v) is 0.467. The van der Waals surface area contributed by atoms with Crippen LogP contribution in [0.4, 0.5) is 0 Å². The third kappa shape index (κ3) is 24.8. The van der Waals surface area contributed by atoms with E-state index in [-0.39, 0.29) is 6.42 Å². The summed E-state index contributed by atoms with van der Waals surface area (Å²) in [7, 11) is 0. The molecule has 5 nitrogen and oxygen atoms in total. The second kappa shape index (κ2) is 10.9. The molecular weight excluding hydrogens is 174 g/mol. The second-order valence-electron chi connectivity index (χ2n) is 2.43. The van der Waals surface area contributed by atoms with Gasteiger partial charge in [-0.1, -0.05) is 6.92 Å². The predicted molar refractivity (Wildman–Crippen MR) is 48.5 cm³/mol. The molecule has 0 amide bonds. The molecule has 0 spiro atoms. The van der Waals surface area contributed by atoms with Crippen molar-refractivity contribution in [1.82, 2.24) is 0 Å². The largest absolute Gasteiger partial charge is 0.481 e. The Morgan fingerprint density at radius 1 is 1.15 bits per heavy atom. The first kappa shape index (κ1) is 14.4. The topological polar surface area (TPSA) is 101 Å². The van der Waals surface area contributed by atoms with Crippen LogP contribution in [-0.4, -0.2) is 28.7 Å². The molecule has 0 aliphatic rings. The van der Waals surface area contributed by atoms with Crippen molar-refractivity contribution in [3.05, 3.63) is 0 Å². The van der Waals surface area contributed by atoms with E-state index in [0.717, 1.165) is 6.42 Å². The summed E-state index contributed by atoms with van der Waals surface area (Å²) in [5, 5.41) is 15.9. The van der Waals surface area contributed by atoms with Crippen LogP contribution in [0.15, 0.2) is 0 Å². The Hall–Kier alpha value is -1.10. The Kier molecular flexibility index (Phi) is 12.1. The highest BCUT2D eigenvalue weighted by Crippen LogP contribution is 1.82. The van der Waals surface area contributed by atoms with Gasteiger partial charge in [0.05, 0.1) is 0 Å². The highest BCUT2D eigenvalue weighted by molar-refractivity contribution is 5.66. The van der Waals surface area contributed by atoms with Gasteiger partial charge in [0, 0.05) is 12.8 Å². The molecule has 13 heavy (non-hydrogen) atoms. The Labute approximate surface area is 77.6 Å². The maximum absolute atomic E-state index is 9.70. The summed E-state index contributed by atoms with van der Waals surface area (Å²) in [6.07, 6.45) is 1.79. The van der Waals surface area contributed by atoms with Crippen LogP contribution in [0.2, 0.25) is 0 Å². The van der Waals surface area contributed by atoms with Crippen LogP contribution >= 0.6 is 0 Å². The number of hydrogen-bond acceptors (Lipinski definition) is 3. The maximum atomic E-state index is 9.70. The van der Waals surface area contributed by atoms with Gasteiger partial charge in [0.15, 0.2) is 0 Å². The first-order valence-electron chi connectivity index (χ1n) is 4.18. The number of hydrogen-bond donors (Lipinski definition) is 3. The van der Waals surface area contributed by atoms with E-state index in [9.17, 15) is 9.59 Å². The quantitative estimate of drug-likeness (QED) is 0.593. The van der Waals surface area contributed by atoms with Crippen LogP contribution in [0, 0.1) is 0 Å². The molecule has 0 saturated heterocycles. The Balaban J connectivity index is 0. The minimum atomic E-state index is -0.773. The molecule has 0 heterocycles. The van der Waals surface area contributed by atoms with Crippen molar-refractivity contribution in [3.63, 3.8) is 0 Å². The van der Waals surface area contributed by atoms with Gasteiger partial charge in [-0.05, 0) is 19.4 Å². The van der Waals surface area contributed by atoms with E-state index >= 15 is 0 Å². The van der Waals surface area contributed by atoms with Crippen molar-refractivity contribution in [1.29, 1.82) is 0 Å². The van der Waals surface area contributed by atoms with Crippen molar-refractivity contribution < 1.29 is 19.8 Å². The Morgan fingerprint density at radius 3 is 1.69 bits per heavy atom. The number of carboxylic acid groups (broad SMARTS) is 2. The average molecular weight is 191 g/mol. The van der Waals surface area contributed by atoms with Crippen molar-refractivity contribution in [2.24, 2.45) is 5.73 Å². The lowest BCUT2D eigenvalue weighted by Gasteiger charge is -1.86. The maximum Gasteiger partial charge on any atom is 0.303 e. The fraction of sp³-hybridized carbons (Fsp3) is 0.750. The molecule has 4 N–H and O–H groups in total. The van der Waals surface area contributed by atoms with Crippen LogP contribution in [-0.2, 0) is 9.59 Å². The number of aliphatic carboxylic acids is 2. The smallest absolute Gasteiger partial charge is 0.303 e. The molecular formula is C8H17NO4. The van der Waals surface area contributed by atoms with Gasteiger partial charge >= 0.3 is 11.9 Å². The molecule has 0 unspecified atom stereocenters. The van der Waals surface area contributed by atoms with Crippen molar-refractivity contribution in [2.45, 2.75) is 32.6 Å². The third-order valence-corrected chi connectivity index (χ3v) is 1.06. The molecule has 0 atom stereocenters. The highest BCUT2D eigenvalue weighted by Gasteiger charge is 1.91. The third-order valence-electron chi connectivity index (χ3n) is 1.06. The zero-order valence-electron chi connectivity index (χ0n) is 7.82. The van der Waals surface area contributed by atoms with Gasteiger partial charge in [0.2, 0.25) is 0 Å². The molecule has 78 valence electrons. The molecule has 0 radical (unpaired) electrons. The molecule has 0 saturated carbocycles. The van der Waals surface area contributed by atoms with Gasteiger partial charge < -0.3 is 15.9 Å². The minimum Gasteiger partial charge on any atom is -0.481 e. The summed E-state index contributed by atoms with van der Waals surface area (Å²) in [4.78, 5) is 19.3. The molecule has 0 aromatic rings. The number of nitrogens with two attached hydrogens (primary N) is 1. The van der Waals surface area contributed by atoms with E-state index in [1.165, 1.54) is 0 Å². The van der Waals surface area contributed by atoms with Gasteiger partial charge in [-0.15, -0.1) is 0 Å². The SMILES string of the molecule is CCCC(=O)O.NCCCC(=O)O. The minimum absolute atomic E-state index is 0.191. The first-order valence-corrected chi connectivity index (χ1v) is 4.18. The Morgan fingerprint density at radius 2 is 1.62 bits per heavy atom. The number of carboxylic acids is 2. The summed E-state index contributed by atoms with van der Waals surface area (Å²) in [6.45, 7) is 2.31. The molecule has 0 aromatic carbocycles. The van der Waals surface area contributed by atoms with Crippen LogP contribution in [0.1, 0.15) is 32.6 Å². The van der Waals surface area contributed by atoms with Gasteiger partial charge in [-0.3, -0.25) is 9.59 Å². The van der Waals surface area contributed by atoms with Crippen LogP contribution in [0.5, 0.6) is 0 Å². The summed E-state index contributed by atoms with van der Waals surface area (Å²) >= 11 is 0. The van der Waals surface area contributed by atoms with Crippen LogP contribution < -0.4 is 5.73 Å². The van der Waals surface area contributed by atoms with Crippen molar-refractivity contribution in [3.8, 4) is 0 Å². The summed E-state index contributed by atoms with van der Waals surface area (Å²) in [5.41, 5.74) is 5.01. The molecule has 0 aromatic heterocycles. The zero-order valence-corrected chi connectivity index (χ0v) is 7.82. The average Bonchev–Trinajstić information content (AvgIpc) is 2.01. The molecule has 0 rings (SSSR count). The van der Waals surface area contributed by atoms with Crippen LogP contribution in [0.3, 0.4) is 0 Å². The normalized spacial score (nSPS) is 8.46. The number of rotatable bonds is 5. The fourth-order valence-electron chi connectivity index (χ4n) is 0.467. The zero-order chi connectivity index (χ0) is 10.7. The molecule has 5 heteroatoms. The standard InChI is InChI=1S/C4H9NO2.C4H8O2/c5-3-1-2-4(6)7;1-2-3-4(5)6/h1-3,5H2,(H,6,7);2-3H2,1H3,(H,5,6). The van der Waals surface area contributed by atoms with E-state index in [0.29, 0.717) is 19.4 Å². The van der Waals surface area contributed by atoms with Crippen LogP contribution in [0.25, 0.3) is 0 Å². The monoisotopic (exact) mass is 191 g/mol. The van der Waals surface area contributed by atoms with Gasteiger partial charge in [0.25, 0.3) is 0 Å². The summed E-state index contributed by atoms with van der Waals surface area (Å²) in [5.74, 6) is -1.48.